The van der Waals surface area contributed by atoms with Gasteiger partial charge in [0.05, 0.1) is 23.7 Å². The Labute approximate surface area is 191 Å². The van der Waals surface area contributed by atoms with Crippen molar-refractivity contribution in [2.45, 2.75) is 12.7 Å². The fraction of sp³-hybridized carbons (Fsp3) is 0.286. The molecular weight excluding hydrogens is 480 g/mol. The highest BCUT2D eigenvalue weighted by Gasteiger charge is 2.38. The van der Waals surface area contributed by atoms with Crippen molar-refractivity contribution in [2.24, 2.45) is 0 Å². The first kappa shape index (κ1) is 23.7. The van der Waals surface area contributed by atoms with Crippen LogP contribution in [0.3, 0.4) is 0 Å². The highest BCUT2D eigenvalue weighted by molar-refractivity contribution is 7.91. The van der Waals surface area contributed by atoms with Crippen LogP contribution >= 0.6 is 0 Å². The third-order valence-electron chi connectivity index (χ3n) is 5.20. The summed E-state index contributed by atoms with van der Waals surface area (Å²) >= 11 is 0. The molecule has 180 valence electrons. The van der Waals surface area contributed by atoms with Gasteiger partial charge in [0.1, 0.15) is 5.82 Å². The van der Waals surface area contributed by atoms with Crippen LogP contribution in [0.15, 0.2) is 52.9 Å². The van der Waals surface area contributed by atoms with Crippen molar-refractivity contribution < 1.29 is 35.2 Å². The van der Waals surface area contributed by atoms with Gasteiger partial charge < -0.3 is 9.32 Å². The van der Waals surface area contributed by atoms with Gasteiger partial charge in [0.2, 0.25) is 5.89 Å². The summed E-state index contributed by atoms with van der Waals surface area (Å²) in [5.74, 6) is -2.78. The predicted octanol–water partition coefficient (Wildman–Crippen LogP) is 3.75. The Bertz CT molecular complexity index is 1280. The fourth-order valence-electron chi connectivity index (χ4n) is 3.39. The summed E-state index contributed by atoms with van der Waals surface area (Å²) < 4.78 is 80.7. The zero-order chi connectivity index (χ0) is 24.5. The minimum atomic E-state index is -4.76. The van der Waals surface area contributed by atoms with Gasteiger partial charge in [-0.25, -0.2) is 17.6 Å². The van der Waals surface area contributed by atoms with E-state index in [-0.39, 0.29) is 48.3 Å². The summed E-state index contributed by atoms with van der Waals surface area (Å²) in [5, 5.41) is 6.38. The first-order valence-electron chi connectivity index (χ1n) is 10.0. The summed E-state index contributed by atoms with van der Waals surface area (Å²) in [7, 11) is -3.22. The number of benzene rings is 2. The van der Waals surface area contributed by atoms with E-state index in [9.17, 15) is 30.8 Å². The Morgan fingerprint density at radius 3 is 2.26 bits per heavy atom. The van der Waals surface area contributed by atoms with E-state index in [1.165, 1.54) is 52.3 Å². The number of para-hydroxylation sites is 1. The van der Waals surface area contributed by atoms with Crippen molar-refractivity contribution in [1.29, 1.82) is 0 Å². The third-order valence-corrected chi connectivity index (χ3v) is 6.81. The van der Waals surface area contributed by atoms with Crippen LogP contribution in [0.1, 0.15) is 11.5 Å². The largest absolute Gasteiger partial charge is 0.470 e. The fourth-order valence-corrected chi connectivity index (χ4v) is 4.59. The maximum atomic E-state index is 14.5. The monoisotopic (exact) mass is 498 g/mol. The molecule has 0 radical (unpaired) electrons. The zero-order valence-corrected chi connectivity index (χ0v) is 18.3. The SMILES string of the molecule is O=C(N1CCS(=O)(=O)CC1)N(Cc1ccc(-c2nnc(C(F)(F)F)o2)cc1)c1ccccc1F. The minimum absolute atomic E-state index is 0.0102. The standard InChI is InChI=1S/C21H18F4N4O4S/c22-16-3-1-2-4-17(16)29(20(30)28-9-11-34(31,32)12-10-28)13-14-5-7-15(8-6-14)18-26-27-19(33-18)21(23,24)25/h1-8H,9-13H2. The van der Waals surface area contributed by atoms with Gasteiger partial charge in [0.25, 0.3) is 0 Å². The van der Waals surface area contributed by atoms with Crippen molar-refractivity contribution in [1.82, 2.24) is 15.1 Å². The number of amides is 2. The smallest absolute Gasteiger partial charge is 0.413 e. The molecule has 4 rings (SSSR count). The molecule has 0 atom stereocenters. The Morgan fingerprint density at radius 2 is 1.68 bits per heavy atom. The van der Waals surface area contributed by atoms with Crippen LogP contribution in [0.2, 0.25) is 0 Å². The molecule has 2 heterocycles. The molecule has 1 aliphatic rings. The van der Waals surface area contributed by atoms with E-state index in [2.05, 4.69) is 14.6 Å². The van der Waals surface area contributed by atoms with Gasteiger partial charge in [-0.2, -0.15) is 13.2 Å². The van der Waals surface area contributed by atoms with Crippen LogP contribution < -0.4 is 4.90 Å². The highest BCUT2D eigenvalue weighted by Crippen LogP contribution is 2.30. The van der Waals surface area contributed by atoms with Crippen molar-refractivity contribution >= 4 is 21.6 Å². The van der Waals surface area contributed by atoms with E-state index in [0.717, 1.165) is 0 Å². The Balaban J connectivity index is 1.57. The molecule has 34 heavy (non-hydrogen) atoms. The normalized spacial score (nSPS) is 15.8. The first-order chi connectivity index (χ1) is 16.0. The zero-order valence-electron chi connectivity index (χ0n) is 17.5. The maximum Gasteiger partial charge on any atom is 0.470 e. The molecule has 0 unspecified atom stereocenters. The van der Waals surface area contributed by atoms with Gasteiger partial charge in [-0.05, 0) is 29.8 Å². The number of hydrogen-bond donors (Lipinski definition) is 0. The Hall–Kier alpha value is -3.48. The first-order valence-corrected chi connectivity index (χ1v) is 11.9. The maximum absolute atomic E-state index is 14.5. The van der Waals surface area contributed by atoms with E-state index >= 15 is 0 Å². The molecule has 13 heteroatoms. The van der Waals surface area contributed by atoms with Gasteiger partial charge >= 0.3 is 18.1 Å². The molecule has 1 aliphatic heterocycles. The van der Waals surface area contributed by atoms with Crippen LogP contribution in [-0.2, 0) is 22.6 Å². The molecular formula is C21H18F4N4O4S. The second-order valence-corrected chi connectivity index (χ2v) is 9.87. The number of alkyl halides is 3. The number of rotatable bonds is 4. The van der Waals surface area contributed by atoms with Gasteiger partial charge in [0.15, 0.2) is 9.84 Å². The lowest BCUT2D eigenvalue weighted by molar-refractivity contribution is -0.156. The third kappa shape index (κ3) is 5.19. The number of sulfone groups is 1. The van der Waals surface area contributed by atoms with Crippen molar-refractivity contribution in [3.8, 4) is 11.5 Å². The lowest BCUT2D eigenvalue weighted by atomic mass is 10.1. The van der Waals surface area contributed by atoms with Gasteiger partial charge in [-0.15, -0.1) is 10.2 Å². The van der Waals surface area contributed by atoms with Gasteiger partial charge in [-0.3, -0.25) is 4.90 Å². The number of halogens is 4. The molecule has 8 nitrogen and oxygen atoms in total. The topological polar surface area (TPSA) is 96.6 Å². The second-order valence-electron chi connectivity index (χ2n) is 7.57. The van der Waals surface area contributed by atoms with Crippen LogP contribution in [0.4, 0.5) is 28.0 Å². The summed E-state index contributed by atoms with van der Waals surface area (Å²) in [5.41, 5.74) is 0.786. The van der Waals surface area contributed by atoms with Gasteiger partial charge in [0, 0.05) is 18.7 Å². The quantitative estimate of drug-likeness (QED) is 0.509. The van der Waals surface area contributed by atoms with Crippen LogP contribution in [-0.4, -0.2) is 54.1 Å². The number of aromatic nitrogens is 2. The number of anilines is 1. The van der Waals surface area contributed by atoms with Crippen LogP contribution in [0.25, 0.3) is 11.5 Å². The molecule has 1 aromatic heterocycles. The van der Waals surface area contributed by atoms with Crippen LogP contribution in [0.5, 0.6) is 0 Å². The molecule has 2 aromatic carbocycles. The highest BCUT2D eigenvalue weighted by atomic mass is 32.2. The van der Waals surface area contributed by atoms with E-state index in [0.29, 0.717) is 5.56 Å². The molecule has 0 bridgehead atoms. The van der Waals surface area contributed by atoms with Crippen molar-refractivity contribution in [3.63, 3.8) is 0 Å². The molecule has 0 N–H and O–H groups in total. The van der Waals surface area contributed by atoms with Crippen LogP contribution in [0, 0.1) is 5.82 Å². The average Bonchev–Trinajstić information content (AvgIpc) is 3.29. The minimum Gasteiger partial charge on any atom is -0.413 e. The molecule has 0 spiro atoms. The Kier molecular flexibility index (Phi) is 6.30. The predicted molar refractivity (Wildman–Crippen MR) is 113 cm³/mol. The van der Waals surface area contributed by atoms with Crippen molar-refractivity contribution in [2.75, 3.05) is 29.5 Å². The molecule has 1 fully saturated rings. The van der Waals surface area contributed by atoms with E-state index in [1.807, 2.05) is 0 Å². The number of carbonyl (C=O) groups excluding carboxylic acids is 1. The average molecular weight is 498 g/mol. The van der Waals surface area contributed by atoms with E-state index < -0.39 is 33.8 Å². The van der Waals surface area contributed by atoms with E-state index in [1.54, 1.807) is 6.07 Å². The second kappa shape index (κ2) is 9.05. The molecule has 1 saturated heterocycles. The molecule has 0 aliphatic carbocycles. The summed E-state index contributed by atoms with van der Waals surface area (Å²) in [6.07, 6.45) is -4.76. The lowest BCUT2D eigenvalue weighted by Gasteiger charge is -2.33. The lowest BCUT2D eigenvalue weighted by Crippen LogP contribution is -2.50. The Morgan fingerprint density at radius 1 is 1.03 bits per heavy atom. The van der Waals surface area contributed by atoms with Gasteiger partial charge in [-0.1, -0.05) is 24.3 Å². The van der Waals surface area contributed by atoms with E-state index in [4.69, 9.17) is 0 Å². The molecule has 0 saturated carbocycles. The number of hydrogen-bond acceptors (Lipinski definition) is 6. The summed E-state index contributed by atoms with van der Waals surface area (Å²) in [6.45, 7) is -0.0888. The summed E-state index contributed by atoms with van der Waals surface area (Å²) in [4.78, 5) is 15.7. The molecule has 2 amide bonds. The summed E-state index contributed by atoms with van der Waals surface area (Å²) in [6, 6.07) is 11.1. The molecule has 3 aromatic rings. The number of urea groups is 1. The number of nitrogens with zero attached hydrogens (tertiary/aromatic N) is 4. The van der Waals surface area contributed by atoms with Crippen molar-refractivity contribution in [3.05, 3.63) is 65.8 Å². The number of carbonyl (C=O) groups is 1.